The number of nitrogens with one attached hydrogen (secondary N) is 1. The van der Waals surface area contributed by atoms with Crippen molar-refractivity contribution in [3.05, 3.63) is 70.5 Å². The highest BCUT2D eigenvalue weighted by Gasteiger charge is 2.18. The molecule has 1 N–H and O–H groups in total. The molecule has 3 aromatic rings. The highest BCUT2D eigenvalue weighted by atomic mass is 35.5. The minimum absolute atomic E-state index is 0.0949. The van der Waals surface area contributed by atoms with Crippen molar-refractivity contribution in [1.29, 1.82) is 5.26 Å². The molecule has 2 aromatic carbocycles. The number of rotatable bonds is 4. The highest BCUT2D eigenvalue weighted by molar-refractivity contribution is 6.31. The minimum Gasteiger partial charge on any atom is -0.486 e. The van der Waals surface area contributed by atoms with Gasteiger partial charge in [-0.15, -0.1) is 0 Å². The highest BCUT2D eigenvalue weighted by Crippen LogP contribution is 2.33. The number of anilines is 1. The van der Waals surface area contributed by atoms with Gasteiger partial charge in [-0.25, -0.2) is 4.68 Å². The number of amides is 1. The van der Waals surface area contributed by atoms with Crippen molar-refractivity contribution in [2.45, 2.75) is 6.92 Å². The van der Waals surface area contributed by atoms with Gasteiger partial charge in [0.1, 0.15) is 30.0 Å². The standard InChI is InChI=1S/C22H17ClN4O3/c1-14-18(21(23)27(26-14)17-5-3-2-4-6-17)11-15(13-24)22(28)25-16-7-8-19-20(12-16)30-10-9-29-19/h2-8,11-12H,9-10H2,1H3,(H,25,28). The summed E-state index contributed by atoms with van der Waals surface area (Å²) in [7, 11) is 0. The van der Waals surface area contributed by atoms with Crippen LogP contribution in [0.15, 0.2) is 54.1 Å². The Balaban J connectivity index is 1.60. The maximum Gasteiger partial charge on any atom is 0.266 e. The summed E-state index contributed by atoms with van der Waals surface area (Å²) in [6.45, 7) is 2.69. The number of hydrogen-bond donors (Lipinski definition) is 1. The van der Waals surface area contributed by atoms with Crippen molar-refractivity contribution in [3.8, 4) is 23.3 Å². The quantitative estimate of drug-likeness (QED) is 0.506. The molecule has 0 radical (unpaired) electrons. The lowest BCUT2D eigenvalue weighted by molar-refractivity contribution is -0.112. The van der Waals surface area contributed by atoms with Crippen LogP contribution in [-0.4, -0.2) is 28.9 Å². The molecule has 1 aromatic heterocycles. The second-order valence-corrected chi connectivity index (χ2v) is 6.88. The molecule has 0 unspecified atom stereocenters. The van der Waals surface area contributed by atoms with Crippen LogP contribution in [0, 0.1) is 18.3 Å². The topological polar surface area (TPSA) is 89.2 Å². The zero-order valence-electron chi connectivity index (χ0n) is 16.1. The Morgan fingerprint density at radius 3 is 2.67 bits per heavy atom. The molecular formula is C22H17ClN4O3. The van der Waals surface area contributed by atoms with Crippen LogP contribution in [0.4, 0.5) is 5.69 Å². The Hall–Kier alpha value is -3.76. The van der Waals surface area contributed by atoms with Crippen LogP contribution in [0.3, 0.4) is 0 Å². The number of fused-ring (bicyclic) bond motifs is 1. The number of benzene rings is 2. The molecule has 1 aliphatic heterocycles. The lowest BCUT2D eigenvalue weighted by Gasteiger charge is -2.18. The first-order chi connectivity index (χ1) is 14.6. The maximum atomic E-state index is 12.7. The monoisotopic (exact) mass is 420 g/mol. The van der Waals surface area contributed by atoms with Crippen molar-refractivity contribution in [2.24, 2.45) is 0 Å². The number of halogens is 1. The third kappa shape index (κ3) is 3.86. The number of carbonyl (C=O) groups is 1. The second kappa shape index (κ2) is 8.31. The van der Waals surface area contributed by atoms with E-state index in [2.05, 4.69) is 10.4 Å². The largest absolute Gasteiger partial charge is 0.486 e. The van der Waals surface area contributed by atoms with Crippen LogP contribution in [0.1, 0.15) is 11.3 Å². The lowest BCUT2D eigenvalue weighted by Crippen LogP contribution is -2.17. The average Bonchev–Trinajstić information content (AvgIpc) is 3.05. The Morgan fingerprint density at radius 1 is 1.20 bits per heavy atom. The van der Waals surface area contributed by atoms with Gasteiger partial charge in [-0.2, -0.15) is 10.4 Å². The van der Waals surface area contributed by atoms with Gasteiger partial charge in [-0.3, -0.25) is 4.79 Å². The molecule has 8 heteroatoms. The van der Waals surface area contributed by atoms with Crippen LogP contribution in [0.2, 0.25) is 5.15 Å². The van der Waals surface area contributed by atoms with E-state index in [-0.39, 0.29) is 5.57 Å². The van der Waals surface area contributed by atoms with Gasteiger partial charge >= 0.3 is 0 Å². The Morgan fingerprint density at radius 2 is 1.93 bits per heavy atom. The van der Waals surface area contributed by atoms with E-state index in [0.717, 1.165) is 5.69 Å². The summed E-state index contributed by atoms with van der Waals surface area (Å²) in [5.41, 5.74) is 2.29. The summed E-state index contributed by atoms with van der Waals surface area (Å²) in [5.74, 6) is 0.604. The van der Waals surface area contributed by atoms with E-state index in [1.807, 2.05) is 36.4 Å². The normalized spacial score (nSPS) is 12.9. The molecule has 150 valence electrons. The fourth-order valence-corrected chi connectivity index (χ4v) is 3.35. The fourth-order valence-electron chi connectivity index (χ4n) is 3.03. The number of aryl methyl sites for hydroxylation is 1. The van der Waals surface area contributed by atoms with Crippen molar-refractivity contribution < 1.29 is 14.3 Å². The Labute approximate surface area is 178 Å². The summed E-state index contributed by atoms with van der Waals surface area (Å²) in [4.78, 5) is 12.7. The van der Waals surface area contributed by atoms with E-state index in [9.17, 15) is 10.1 Å². The van der Waals surface area contributed by atoms with E-state index in [1.165, 1.54) is 6.08 Å². The van der Waals surface area contributed by atoms with Crippen LogP contribution in [0.25, 0.3) is 11.8 Å². The molecule has 1 amide bonds. The molecule has 0 saturated carbocycles. The van der Waals surface area contributed by atoms with Gasteiger partial charge < -0.3 is 14.8 Å². The first-order valence-electron chi connectivity index (χ1n) is 9.20. The smallest absolute Gasteiger partial charge is 0.266 e. The molecule has 0 saturated heterocycles. The number of aromatic nitrogens is 2. The second-order valence-electron chi connectivity index (χ2n) is 6.52. The first-order valence-corrected chi connectivity index (χ1v) is 9.58. The zero-order valence-corrected chi connectivity index (χ0v) is 16.8. The molecular weight excluding hydrogens is 404 g/mol. The molecule has 4 rings (SSSR count). The van der Waals surface area contributed by atoms with Crippen molar-refractivity contribution in [1.82, 2.24) is 9.78 Å². The lowest BCUT2D eigenvalue weighted by atomic mass is 10.1. The van der Waals surface area contributed by atoms with Gasteiger partial charge in [0.15, 0.2) is 11.5 Å². The molecule has 2 heterocycles. The molecule has 7 nitrogen and oxygen atoms in total. The van der Waals surface area contributed by atoms with Crippen molar-refractivity contribution >= 4 is 29.3 Å². The predicted octanol–water partition coefficient (Wildman–Crippen LogP) is 4.15. The minimum atomic E-state index is -0.558. The number of para-hydroxylation sites is 1. The van der Waals surface area contributed by atoms with Gasteiger partial charge in [-0.05, 0) is 37.3 Å². The number of ether oxygens (including phenoxy) is 2. The summed E-state index contributed by atoms with van der Waals surface area (Å²) in [5, 5.41) is 17.0. The number of nitrogens with zero attached hydrogens (tertiary/aromatic N) is 3. The third-order valence-electron chi connectivity index (χ3n) is 4.50. The molecule has 0 bridgehead atoms. The van der Waals surface area contributed by atoms with Crippen LogP contribution >= 0.6 is 11.6 Å². The molecule has 0 aliphatic carbocycles. The molecule has 0 spiro atoms. The van der Waals surface area contributed by atoms with Crippen molar-refractivity contribution in [2.75, 3.05) is 18.5 Å². The number of nitriles is 1. The van der Waals surface area contributed by atoms with Gasteiger partial charge in [0.05, 0.1) is 11.4 Å². The fraction of sp³-hybridized carbons (Fsp3) is 0.136. The number of carbonyl (C=O) groups excluding carboxylic acids is 1. The Bertz CT molecular complexity index is 1180. The summed E-state index contributed by atoms with van der Waals surface area (Å²) < 4.78 is 12.6. The van der Waals surface area contributed by atoms with Crippen LogP contribution in [0.5, 0.6) is 11.5 Å². The van der Waals surface area contributed by atoms with Gasteiger partial charge in [-0.1, -0.05) is 29.8 Å². The van der Waals surface area contributed by atoms with E-state index in [0.29, 0.717) is 46.8 Å². The molecule has 30 heavy (non-hydrogen) atoms. The molecule has 0 atom stereocenters. The summed E-state index contributed by atoms with van der Waals surface area (Å²) in [6.07, 6.45) is 1.44. The van der Waals surface area contributed by atoms with E-state index >= 15 is 0 Å². The first kappa shape index (κ1) is 19.6. The Kier molecular flexibility index (Phi) is 5.42. The zero-order chi connectivity index (χ0) is 21.1. The maximum absolute atomic E-state index is 12.7. The third-order valence-corrected chi connectivity index (χ3v) is 4.87. The van der Waals surface area contributed by atoms with Gasteiger partial charge in [0.2, 0.25) is 0 Å². The van der Waals surface area contributed by atoms with E-state index in [4.69, 9.17) is 21.1 Å². The average molecular weight is 421 g/mol. The molecule has 1 aliphatic rings. The van der Waals surface area contributed by atoms with E-state index in [1.54, 1.807) is 29.8 Å². The van der Waals surface area contributed by atoms with Crippen LogP contribution < -0.4 is 14.8 Å². The number of hydrogen-bond acceptors (Lipinski definition) is 5. The SMILES string of the molecule is Cc1nn(-c2ccccc2)c(Cl)c1C=C(C#N)C(=O)Nc1ccc2c(c1)OCCO2. The van der Waals surface area contributed by atoms with Gasteiger partial charge in [0, 0.05) is 17.3 Å². The van der Waals surface area contributed by atoms with Crippen molar-refractivity contribution in [3.63, 3.8) is 0 Å². The van der Waals surface area contributed by atoms with Crippen LogP contribution in [-0.2, 0) is 4.79 Å². The van der Waals surface area contributed by atoms with E-state index < -0.39 is 5.91 Å². The van der Waals surface area contributed by atoms with Gasteiger partial charge in [0.25, 0.3) is 5.91 Å². The molecule has 0 fully saturated rings. The predicted molar refractivity (Wildman–Crippen MR) is 113 cm³/mol. The summed E-state index contributed by atoms with van der Waals surface area (Å²) >= 11 is 6.49. The summed E-state index contributed by atoms with van der Waals surface area (Å²) in [6, 6.07) is 16.4.